The van der Waals surface area contributed by atoms with E-state index in [1.807, 2.05) is 25.1 Å². The molecule has 0 aliphatic carbocycles. The standard InChI is InChI=1S/C15H14N2O3S/c1-10-7-13(17(19)20)9-15(8-10)21-14-5-3-12(4-6-14)16-11(2)18/h3-9H,1-2H3,(H,16,18). The zero-order valence-corrected chi connectivity index (χ0v) is 12.4. The molecule has 6 heteroatoms. The van der Waals surface area contributed by atoms with Gasteiger partial charge in [0.15, 0.2) is 0 Å². The van der Waals surface area contributed by atoms with Gasteiger partial charge in [-0.3, -0.25) is 14.9 Å². The monoisotopic (exact) mass is 302 g/mol. The highest BCUT2D eigenvalue weighted by molar-refractivity contribution is 7.99. The minimum atomic E-state index is -0.392. The van der Waals surface area contributed by atoms with Crippen molar-refractivity contribution in [2.75, 3.05) is 5.32 Å². The summed E-state index contributed by atoms with van der Waals surface area (Å²) in [5, 5.41) is 13.6. The van der Waals surface area contributed by atoms with E-state index in [4.69, 9.17) is 0 Å². The van der Waals surface area contributed by atoms with Crippen LogP contribution >= 0.6 is 11.8 Å². The number of nitro benzene ring substituents is 1. The molecule has 5 nitrogen and oxygen atoms in total. The van der Waals surface area contributed by atoms with Crippen LogP contribution in [0.4, 0.5) is 11.4 Å². The van der Waals surface area contributed by atoms with Crippen LogP contribution < -0.4 is 5.32 Å². The number of nitrogens with zero attached hydrogens (tertiary/aromatic N) is 1. The van der Waals surface area contributed by atoms with Gasteiger partial charge in [-0.2, -0.15) is 0 Å². The molecule has 0 heterocycles. The van der Waals surface area contributed by atoms with E-state index < -0.39 is 4.92 Å². The largest absolute Gasteiger partial charge is 0.326 e. The van der Waals surface area contributed by atoms with Crippen molar-refractivity contribution in [1.82, 2.24) is 0 Å². The van der Waals surface area contributed by atoms with Gasteiger partial charge in [-0.05, 0) is 42.8 Å². The average molecular weight is 302 g/mol. The molecule has 0 saturated heterocycles. The molecule has 0 fully saturated rings. The number of amides is 1. The topological polar surface area (TPSA) is 72.2 Å². The molecule has 2 rings (SSSR count). The number of carbonyl (C=O) groups is 1. The highest BCUT2D eigenvalue weighted by Crippen LogP contribution is 2.31. The molecule has 108 valence electrons. The molecular weight excluding hydrogens is 288 g/mol. The zero-order chi connectivity index (χ0) is 15.4. The molecule has 2 aromatic carbocycles. The number of nitro groups is 1. The van der Waals surface area contributed by atoms with E-state index in [1.54, 1.807) is 24.3 Å². The second kappa shape index (κ2) is 6.41. The van der Waals surface area contributed by atoms with Crippen molar-refractivity contribution >= 4 is 29.0 Å². The Balaban J connectivity index is 2.18. The van der Waals surface area contributed by atoms with Gasteiger partial charge in [-0.15, -0.1) is 0 Å². The summed E-state index contributed by atoms with van der Waals surface area (Å²) in [5.74, 6) is -0.121. The number of non-ortho nitro benzene ring substituents is 1. The summed E-state index contributed by atoms with van der Waals surface area (Å²) in [5.41, 5.74) is 1.66. The molecule has 0 bridgehead atoms. The van der Waals surface area contributed by atoms with Crippen LogP contribution in [-0.2, 0) is 4.79 Å². The van der Waals surface area contributed by atoms with E-state index in [0.717, 1.165) is 21.0 Å². The van der Waals surface area contributed by atoms with Crippen molar-refractivity contribution < 1.29 is 9.72 Å². The van der Waals surface area contributed by atoms with Crippen LogP contribution in [0.2, 0.25) is 0 Å². The van der Waals surface area contributed by atoms with E-state index in [-0.39, 0.29) is 11.6 Å². The first kappa shape index (κ1) is 15.1. The SMILES string of the molecule is CC(=O)Nc1ccc(Sc2cc(C)cc([N+](=O)[O-])c2)cc1. The molecule has 2 aromatic rings. The van der Waals surface area contributed by atoms with Crippen LogP contribution in [0.5, 0.6) is 0 Å². The number of hydrogen-bond donors (Lipinski definition) is 1. The summed E-state index contributed by atoms with van der Waals surface area (Å²) in [4.78, 5) is 23.2. The molecular formula is C15H14N2O3S. The molecule has 21 heavy (non-hydrogen) atoms. The third-order valence-corrected chi connectivity index (χ3v) is 3.64. The van der Waals surface area contributed by atoms with Gasteiger partial charge in [0.2, 0.25) is 5.91 Å². The van der Waals surface area contributed by atoms with E-state index in [2.05, 4.69) is 5.32 Å². The number of carbonyl (C=O) groups excluding carboxylic acids is 1. The molecule has 0 radical (unpaired) electrons. The lowest BCUT2D eigenvalue weighted by atomic mass is 10.2. The van der Waals surface area contributed by atoms with Crippen molar-refractivity contribution in [1.29, 1.82) is 0 Å². The smallest absolute Gasteiger partial charge is 0.270 e. The first-order chi connectivity index (χ1) is 9.94. The van der Waals surface area contributed by atoms with Crippen LogP contribution in [-0.4, -0.2) is 10.8 Å². The number of rotatable bonds is 4. The van der Waals surface area contributed by atoms with E-state index in [9.17, 15) is 14.9 Å². The van der Waals surface area contributed by atoms with Gasteiger partial charge in [0.25, 0.3) is 5.69 Å². The molecule has 0 aromatic heterocycles. The van der Waals surface area contributed by atoms with E-state index in [1.165, 1.54) is 18.7 Å². The van der Waals surface area contributed by atoms with Crippen molar-refractivity contribution in [2.45, 2.75) is 23.6 Å². The minimum absolute atomic E-state index is 0.0902. The molecule has 1 amide bonds. The van der Waals surface area contributed by atoms with Crippen molar-refractivity contribution in [3.05, 3.63) is 58.1 Å². The maximum absolute atomic E-state index is 10.9. The maximum atomic E-state index is 10.9. The lowest BCUT2D eigenvalue weighted by Crippen LogP contribution is -2.05. The molecule has 0 atom stereocenters. The molecule has 0 saturated carbocycles. The molecule has 0 aliphatic heterocycles. The number of hydrogen-bond acceptors (Lipinski definition) is 4. The Bertz CT molecular complexity index is 684. The first-order valence-corrected chi connectivity index (χ1v) is 7.07. The second-order valence-electron chi connectivity index (χ2n) is 4.57. The summed E-state index contributed by atoms with van der Waals surface area (Å²) >= 11 is 1.44. The molecule has 1 N–H and O–H groups in total. The summed E-state index contributed by atoms with van der Waals surface area (Å²) in [6, 6.07) is 12.3. The summed E-state index contributed by atoms with van der Waals surface area (Å²) in [7, 11) is 0. The van der Waals surface area contributed by atoms with Crippen molar-refractivity contribution in [3.8, 4) is 0 Å². The van der Waals surface area contributed by atoms with Crippen LogP contribution in [0.25, 0.3) is 0 Å². The first-order valence-electron chi connectivity index (χ1n) is 6.25. The average Bonchev–Trinajstić information content (AvgIpc) is 2.39. The Morgan fingerprint density at radius 1 is 1.14 bits per heavy atom. The fourth-order valence-corrected chi connectivity index (χ4v) is 2.81. The lowest BCUT2D eigenvalue weighted by Gasteiger charge is -2.05. The van der Waals surface area contributed by atoms with Gasteiger partial charge in [-0.25, -0.2) is 0 Å². The molecule has 0 aliphatic rings. The van der Waals surface area contributed by atoms with Crippen LogP contribution in [0.1, 0.15) is 12.5 Å². The highest BCUT2D eigenvalue weighted by atomic mass is 32.2. The van der Waals surface area contributed by atoms with E-state index >= 15 is 0 Å². The predicted octanol–water partition coefficient (Wildman–Crippen LogP) is 4.01. The molecule has 0 spiro atoms. The van der Waals surface area contributed by atoms with Gasteiger partial charge in [0, 0.05) is 34.5 Å². The predicted molar refractivity (Wildman–Crippen MR) is 82.7 cm³/mol. The van der Waals surface area contributed by atoms with Gasteiger partial charge < -0.3 is 5.32 Å². The Hall–Kier alpha value is -2.34. The normalized spacial score (nSPS) is 10.2. The fourth-order valence-electron chi connectivity index (χ4n) is 1.84. The van der Waals surface area contributed by atoms with Crippen LogP contribution in [0.3, 0.4) is 0 Å². The number of benzene rings is 2. The van der Waals surface area contributed by atoms with Gasteiger partial charge in [-0.1, -0.05) is 11.8 Å². The van der Waals surface area contributed by atoms with Crippen LogP contribution in [0.15, 0.2) is 52.3 Å². The number of nitrogens with one attached hydrogen (secondary N) is 1. The number of anilines is 1. The minimum Gasteiger partial charge on any atom is -0.326 e. The zero-order valence-electron chi connectivity index (χ0n) is 11.6. The van der Waals surface area contributed by atoms with Crippen LogP contribution in [0, 0.1) is 17.0 Å². The summed E-state index contributed by atoms with van der Waals surface area (Å²) < 4.78 is 0. The third kappa shape index (κ3) is 4.32. The Kier molecular flexibility index (Phi) is 4.59. The van der Waals surface area contributed by atoms with Gasteiger partial charge >= 0.3 is 0 Å². The molecule has 0 unspecified atom stereocenters. The summed E-state index contributed by atoms with van der Waals surface area (Å²) in [6.45, 7) is 3.28. The van der Waals surface area contributed by atoms with Gasteiger partial charge in [0.05, 0.1) is 4.92 Å². The Morgan fingerprint density at radius 3 is 2.38 bits per heavy atom. The lowest BCUT2D eigenvalue weighted by molar-refractivity contribution is -0.385. The Labute approximate surface area is 126 Å². The maximum Gasteiger partial charge on any atom is 0.270 e. The summed E-state index contributed by atoms with van der Waals surface area (Å²) in [6.07, 6.45) is 0. The van der Waals surface area contributed by atoms with Gasteiger partial charge in [0.1, 0.15) is 0 Å². The quantitative estimate of drug-likeness (QED) is 0.684. The third-order valence-electron chi connectivity index (χ3n) is 2.66. The Morgan fingerprint density at radius 2 is 1.81 bits per heavy atom. The second-order valence-corrected chi connectivity index (χ2v) is 5.72. The number of aryl methyl sites for hydroxylation is 1. The van der Waals surface area contributed by atoms with Crippen molar-refractivity contribution in [2.24, 2.45) is 0 Å². The highest BCUT2D eigenvalue weighted by Gasteiger charge is 2.09. The van der Waals surface area contributed by atoms with Crippen molar-refractivity contribution in [3.63, 3.8) is 0 Å². The fraction of sp³-hybridized carbons (Fsp3) is 0.133. The van der Waals surface area contributed by atoms with E-state index in [0.29, 0.717) is 0 Å².